The SMILES string of the molecule is COc1cc([C@H]2CC(c3c(O)n(C)c(=O)[nH]c3=O)=Nc3ccccc3S2)ccc1O. The summed E-state index contributed by atoms with van der Waals surface area (Å²) in [6, 6.07) is 12.6. The summed E-state index contributed by atoms with van der Waals surface area (Å²) in [5.41, 5.74) is 0.452. The fraction of sp³-hybridized carbons (Fsp3) is 0.190. The predicted molar refractivity (Wildman–Crippen MR) is 114 cm³/mol. The molecule has 0 unspecified atom stereocenters. The molecule has 1 aliphatic heterocycles. The van der Waals surface area contributed by atoms with E-state index in [0.717, 1.165) is 15.0 Å². The van der Waals surface area contributed by atoms with E-state index in [9.17, 15) is 19.8 Å². The Labute approximate surface area is 175 Å². The number of phenols is 1. The van der Waals surface area contributed by atoms with Crippen LogP contribution in [-0.4, -0.2) is 32.6 Å². The van der Waals surface area contributed by atoms with Gasteiger partial charge in [-0.1, -0.05) is 18.2 Å². The van der Waals surface area contributed by atoms with Crippen LogP contribution in [0.3, 0.4) is 0 Å². The minimum atomic E-state index is -0.704. The highest BCUT2D eigenvalue weighted by molar-refractivity contribution is 7.99. The molecule has 0 aliphatic carbocycles. The van der Waals surface area contributed by atoms with Gasteiger partial charge in [0.2, 0.25) is 5.88 Å². The number of para-hydroxylation sites is 1. The molecule has 3 N–H and O–H groups in total. The minimum absolute atomic E-state index is 0.0290. The number of rotatable bonds is 3. The zero-order valence-electron chi connectivity index (χ0n) is 16.2. The van der Waals surface area contributed by atoms with Gasteiger partial charge < -0.3 is 14.9 Å². The molecule has 0 saturated carbocycles. The summed E-state index contributed by atoms with van der Waals surface area (Å²) in [7, 11) is 2.85. The van der Waals surface area contributed by atoms with Gasteiger partial charge in [-0.2, -0.15) is 0 Å². The monoisotopic (exact) mass is 425 g/mol. The van der Waals surface area contributed by atoms with Crippen molar-refractivity contribution in [2.45, 2.75) is 16.6 Å². The number of nitrogens with one attached hydrogen (secondary N) is 1. The lowest BCUT2D eigenvalue weighted by molar-refractivity contribution is 0.373. The first-order valence-corrected chi connectivity index (χ1v) is 9.99. The molecule has 0 bridgehead atoms. The zero-order chi connectivity index (χ0) is 21.4. The minimum Gasteiger partial charge on any atom is -0.504 e. The van der Waals surface area contributed by atoms with Gasteiger partial charge in [0.25, 0.3) is 5.56 Å². The van der Waals surface area contributed by atoms with E-state index in [0.29, 0.717) is 23.6 Å². The van der Waals surface area contributed by atoms with Gasteiger partial charge in [-0.25, -0.2) is 4.79 Å². The maximum Gasteiger partial charge on any atom is 0.330 e. The van der Waals surface area contributed by atoms with Crippen molar-refractivity contribution in [2.24, 2.45) is 12.0 Å². The Morgan fingerprint density at radius 1 is 1.20 bits per heavy atom. The Hall–Kier alpha value is -3.46. The van der Waals surface area contributed by atoms with Gasteiger partial charge in [-0.05, 0) is 29.8 Å². The summed E-state index contributed by atoms with van der Waals surface area (Å²) < 4.78 is 6.21. The first-order chi connectivity index (χ1) is 14.4. The number of aromatic hydroxyl groups is 2. The van der Waals surface area contributed by atoms with Gasteiger partial charge in [-0.15, -0.1) is 11.8 Å². The summed E-state index contributed by atoms with van der Waals surface area (Å²) in [6.07, 6.45) is 0.308. The molecule has 154 valence electrons. The Balaban J connectivity index is 1.90. The van der Waals surface area contributed by atoms with Crippen LogP contribution in [0.4, 0.5) is 5.69 Å². The molecule has 0 fully saturated rings. The van der Waals surface area contributed by atoms with Crippen LogP contribution in [-0.2, 0) is 7.05 Å². The Kier molecular flexibility index (Phi) is 5.13. The molecule has 0 saturated heterocycles. The second kappa shape index (κ2) is 7.75. The van der Waals surface area contributed by atoms with E-state index in [-0.39, 0.29) is 16.6 Å². The lowest BCUT2D eigenvalue weighted by Gasteiger charge is -2.17. The molecular formula is C21H19N3O5S. The number of hydrogen-bond acceptors (Lipinski definition) is 7. The molecule has 2 heterocycles. The molecule has 4 rings (SSSR count). The Morgan fingerprint density at radius 3 is 2.73 bits per heavy atom. The van der Waals surface area contributed by atoms with Crippen molar-refractivity contribution in [2.75, 3.05) is 7.11 Å². The molecule has 0 amide bonds. The number of aliphatic imine (C=N–C) groups is 1. The van der Waals surface area contributed by atoms with Crippen molar-refractivity contribution >= 4 is 23.2 Å². The van der Waals surface area contributed by atoms with Crippen LogP contribution in [0.15, 0.2) is 61.9 Å². The van der Waals surface area contributed by atoms with Gasteiger partial charge in [0.1, 0.15) is 5.56 Å². The van der Waals surface area contributed by atoms with E-state index in [1.54, 1.807) is 30.0 Å². The van der Waals surface area contributed by atoms with E-state index < -0.39 is 17.1 Å². The molecule has 9 heteroatoms. The molecular weight excluding hydrogens is 406 g/mol. The molecule has 30 heavy (non-hydrogen) atoms. The third kappa shape index (κ3) is 3.48. The van der Waals surface area contributed by atoms with Crippen molar-refractivity contribution in [1.29, 1.82) is 0 Å². The van der Waals surface area contributed by atoms with Crippen LogP contribution < -0.4 is 16.0 Å². The summed E-state index contributed by atoms with van der Waals surface area (Å²) in [5, 5.41) is 20.3. The molecule has 0 spiro atoms. The first-order valence-electron chi connectivity index (χ1n) is 9.12. The van der Waals surface area contributed by atoms with Crippen molar-refractivity contribution in [3.63, 3.8) is 0 Å². The van der Waals surface area contributed by atoms with Crippen molar-refractivity contribution in [3.8, 4) is 17.4 Å². The zero-order valence-corrected chi connectivity index (χ0v) is 17.1. The molecule has 1 aliphatic rings. The number of fused-ring (bicyclic) bond motifs is 1. The average molecular weight is 425 g/mol. The van der Waals surface area contributed by atoms with E-state index >= 15 is 0 Å². The normalized spacial score (nSPS) is 15.8. The molecule has 3 aromatic rings. The number of ether oxygens (including phenoxy) is 1. The summed E-state index contributed by atoms with van der Waals surface area (Å²) in [5.74, 6) is -0.0675. The van der Waals surface area contributed by atoms with Gasteiger partial charge in [0.15, 0.2) is 11.5 Å². The van der Waals surface area contributed by atoms with Crippen LogP contribution in [0.1, 0.15) is 22.8 Å². The van der Waals surface area contributed by atoms with Crippen LogP contribution in [0, 0.1) is 0 Å². The van der Waals surface area contributed by atoms with Gasteiger partial charge in [0.05, 0.1) is 18.5 Å². The lowest BCUT2D eigenvalue weighted by atomic mass is 10.0. The number of methoxy groups -OCH3 is 1. The van der Waals surface area contributed by atoms with Crippen molar-refractivity contribution < 1.29 is 14.9 Å². The van der Waals surface area contributed by atoms with Crippen molar-refractivity contribution in [1.82, 2.24) is 9.55 Å². The largest absolute Gasteiger partial charge is 0.504 e. The number of phenolic OH excluding ortho intramolecular Hbond substituents is 1. The third-order valence-corrected chi connectivity index (χ3v) is 6.25. The highest BCUT2D eigenvalue weighted by atomic mass is 32.2. The van der Waals surface area contributed by atoms with Crippen LogP contribution in [0.5, 0.6) is 17.4 Å². The number of aromatic amines is 1. The topological polar surface area (TPSA) is 117 Å². The van der Waals surface area contributed by atoms with Gasteiger partial charge >= 0.3 is 5.69 Å². The number of nitrogens with zero attached hydrogens (tertiary/aromatic N) is 2. The second-order valence-corrected chi connectivity index (χ2v) is 8.03. The van der Waals surface area contributed by atoms with Gasteiger partial charge in [0, 0.05) is 23.6 Å². The van der Waals surface area contributed by atoms with Crippen molar-refractivity contribution in [3.05, 3.63) is 74.4 Å². The number of benzene rings is 2. The Morgan fingerprint density at radius 2 is 1.97 bits per heavy atom. The fourth-order valence-corrected chi connectivity index (χ4v) is 4.54. The Bertz CT molecular complexity index is 1280. The smallest absolute Gasteiger partial charge is 0.330 e. The second-order valence-electron chi connectivity index (χ2n) is 6.79. The standard InChI is InChI=1S/C21H19N3O5S/c1-24-20(27)18(19(26)23-21(24)28)13-10-17(11-7-8-14(25)15(9-11)29-2)30-16-6-4-3-5-12(16)22-13/h3-9,17,25,27H,10H2,1-2H3,(H,23,26,28)/t17-/m1/s1. The fourth-order valence-electron chi connectivity index (χ4n) is 3.32. The third-order valence-electron chi connectivity index (χ3n) is 4.93. The maximum absolute atomic E-state index is 12.6. The van der Waals surface area contributed by atoms with Gasteiger partial charge in [-0.3, -0.25) is 19.3 Å². The maximum atomic E-state index is 12.6. The van der Waals surface area contributed by atoms with Crippen LogP contribution >= 0.6 is 11.8 Å². The molecule has 1 aromatic heterocycles. The summed E-state index contributed by atoms with van der Waals surface area (Å²) in [4.78, 5) is 32.2. The van der Waals surface area contributed by atoms with E-state index in [2.05, 4.69) is 9.98 Å². The quantitative estimate of drug-likeness (QED) is 0.594. The highest BCUT2D eigenvalue weighted by Crippen LogP contribution is 2.46. The highest BCUT2D eigenvalue weighted by Gasteiger charge is 2.27. The molecule has 2 aromatic carbocycles. The number of hydrogen-bond donors (Lipinski definition) is 3. The first kappa shape index (κ1) is 19.8. The average Bonchev–Trinajstić information content (AvgIpc) is 2.92. The predicted octanol–water partition coefficient (Wildman–Crippen LogP) is 2.85. The van der Waals surface area contributed by atoms with Crippen LogP contribution in [0.25, 0.3) is 0 Å². The number of thioether (sulfide) groups is 1. The van der Waals surface area contributed by atoms with E-state index in [4.69, 9.17) is 4.74 Å². The summed E-state index contributed by atoms with van der Waals surface area (Å²) in [6.45, 7) is 0. The summed E-state index contributed by atoms with van der Waals surface area (Å²) >= 11 is 1.56. The van der Waals surface area contributed by atoms with E-state index in [1.807, 2.05) is 24.3 Å². The molecule has 8 nitrogen and oxygen atoms in total. The molecule has 1 atom stereocenters. The molecule has 0 radical (unpaired) electrons. The lowest BCUT2D eigenvalue weighted by Crippen LogP contribution is -2.32. The number of aromatic nitrogens is 2. The van der Waals surface area contributed by atoms with Crippen LogP contribution in [0.2, 0.25) is 0 Å². The van der Waals surface area contributed by atoms with E-state index in [1.165, 1.54) is 14.2 Å². The number of H-pyrrole nitrogens is 1.